The Kier molecular flexibility index (Phi) is 6.18. The Morgan fingerprint density at radius 2 is 1.60 bits per heavy atom. The Balaban J connectivity index is 1.51. The fourth-order valence-corrected chi connectivity index (χ4v) is 6.81. The molecule has 4 aliphatic rings. The van der Waals surface area contributed by atoms with E-state index in [2.05, 4.69) is 0 Å². The highest BCUT2D eigenvalue weighted by atomic mass is 35.5. The molecule has 40 heavy (non-hydrogen) atoms. The van der Waals surface area contributed by atoms with Gasteiger partial charge in [-0.05, 0) is 73.7 Å². The summed E-state index contributed by atoms with van der Waals surface area (Å²) in [5, 5.41) is 11.0. The lowest BCUT2D eigenvalue weighted by molar-refractivity contribution is -0.123. The number of phenols is 1. The van der Waals surface area contributed by atoms with Crippen molar-refractivity contribution in [2.75, 3.05) is 19.1 Å². The lowest BCUT2D eigenvalue weighted by Gasteiger charge is -2.42. The number of allylic oxidation sites excluding steroid dienone is 6. The minimum Gasteiger partial charge on any atom is -0.502 e. The van der Waals surface area contributed by atoms with Crippen molar-refractivity contribution in [3.63, 3.8) is 0 Å². The average molecular weight is 560 g/mol. The number of amides is 2. The molecule has 0 spiro atoms. The van der Waals surface area contributed by atoms with E-state index in [1.807, 2.05) is 6.08 Å². The van der Waals surface area contributed by atoms with Gasteiger partial charge in [0.15, 0.2) is 23.1 Å². The fourth-order valence-electron chi connectivity index (χ4n) is 6.69. The first-order valence-electron chi connectivity index (χ1n) is 12.9. The van der Waals surface area contributed by atoms with Crippen LogP contribution >= 0.6 is 11.6 Å². The van der Waals surface area contributed by atoms with Crippen LogP contribution < -0.4 is 14.4 Å². The van der Waals surface area contributed by atoms with Gasteiger partial charge in [-0.3, -0.25) is 24.1 Å². The van der Waals surface area contributed by atoms with E-state index in [1.165, 1.54) is 25.2 Å². The highest BCUT2D eigenvalue weighted by molar-refractivity contribution is 6.31. The minimum absolute atomic E-state index is 0.148. The molecule has 2 aromatic rings. The Labute approximate surface area is 235 Å². The summed E-state index contributed by atoms with van der Waals surface area (Å²) >= 11 is 6.03. The van der Waals surface area contributed by atoms with Crippen molar-refractivity contribution >= 4 is 40.7 Å². The molecule has 0 bridgehead atoms. The molecule has 0 aromatic heterocycles. The van der Waals surface area contributed by atoms with Crippen LogP contribution in [0, 0.1) is 17.8 Å². The first kappa shape index (κ1) is 26.1. The third kappa shape index (κ3) is 3.73. The average Bonchev–Trinajstić information content (AvgIpc) is 3.21. The van der Waals surface area contributed by atoms with Gasteiger partial charge in [0.1, 0.15) is 0 Å². The normalized spacial score (nSPS) is 25.8. The Morgan fingerprint density at radius 3 is 2.23 bits per heavy atom. The Morgan fingerprint density at radius 1 is 0.950 bits per heavy atom. The van der Waals surface area contributed by atoms with Crippen molar-refractivity contribution in [3.8, 4) is 17.2 Å². The standard InChI is InChI=1S/C31H26ClNO7/c1-14-10-22(34)27-21(28(14)35)13-20-18(25(27)15-11-23(39-2)29(36)24(12-15)40-3)8-9-19-26(20)31(38)33(30(19)37)17-6-4-16(32)5-7-17/h4-8,10-12,19-20,25-26,36H,9,13H2,1-3H3/t19-,20+,25-,26-/m0/s1. The van der Waals surface area contributed by atoms with Crippen molar-refractivity contribution in [3.05, 3.63) is 81.4 Å². The van der Waals surface area contributed by atoms with Gasteiger partial charge in [-0.1, -0.05) is 23.3 Å². The van der Waals surface area contributed by atoms with E-state index in [0.717, 1.165) is 5.57 Å². The van der Waals surface area contributed by atoms with Gasteiger partial charge in [0.2, 0.25) is 17.6 Å². The predicted octanol–water partition coefficient (Wildman–Crippen LogP) is 4.70. The van der Waals surface area contributed by atoms with Crippen LogP contribution in [0.1, 0.15) is 31.2 Å². The molecule has 9 heteroatoms. The van der Waals surface area contributed by atoms with Crippen LogP contribution in [0.15, 0.2) is 70.8 Å². The number of carbonyl (C=O) groups is 4. The number of nitrogens with zero attached hydrogens (tertiary/aromatic N) is 1. The van der Waals surface area contributed by atoms with Gasteiger partial charge in [-0.25, -0.2) is 0 Å². The number of benzene rings is 2. The molecule has 0 unspecified atom stereocenters. The molecule has 3 aliphatic carbocycles. The quantitative estimate of drug-likeness (QED) is 0.328. The molecular formula is C31H26ClNO7. The number of imide groups is 1. The molecule has 8 nitrogen and oxygen atoms in total. The van der Waals surface area contributed by atoms with Gasteiger partial charge >= 0.3 is 0 Å². The summed E-state index contributed by atoms with van der Waals surface area (Å²) in [5.74, 6) is -3.50. The zero-order valence-electron chi connectivity index (χ0n) is 22.1. The van der Waals surface area contributed by atoms with Crippen LogP contribution in [0.4, 0.5) is 5.69 Å². The summed E-state index contributed by atoms with van der Waals surface area (Å²) in [7, 11) is 2.82. The number of phenolic OH excluding ortho intramolecular Hbond substituents is 1. The topological polar surface area (TPSA) is 110 Å². The highest BCUT2D eigenvalue weighted by Crippen LogP contribution is 2.56. The van der Waals surface area contributed by atoms with Crippen molar-refractivity contribution in [1.82, 2.24) is 0 Å². The van der Waals surface area contributed by atoms with Crippen LogP contribution in [-0.4, -0.2) is 42.7 Å². The van der Waals surface area contributed by atoms with Crippen molar-refractivity contribution in [2.24, 2.45) is 17.8 Å². The number of methoxy groups -OCH3 is 2. The van der Waals surface area contributed by atoms with Gasteiger partial charge in [0.05, 0.1) is 31.7 Å². The zero-order valence-corrected chi connectivity index (χ0v) is 22.8. The molecule has 1 saturated heterocycles. The van der Waals surface area contributed by atoms with Gasteiger partial charge in [-0.2, -0.15) is 0 Å². The second-order valence-corrected chi connectivity index (χ2v) is 10.9. The molecule has 204 valence electrons. The van der Waals surface area contributed by atoms with Gasteiger partial charge in [0, 0.05) is 27.7 Å². The summed E-state index contributed by atoms with van der Waals surface area (Å²) in [6.45, 7) is 1.60. The van der Waals surface area contributed by atoms with Crippen LogP contribution in [0.5, 0.6) is 17.2 Å². The SMILES string of the molecule is COc1cc([C@H]2C3=CC[C@@H]4C(=O)N(c5ccc(Cl)cc5)C(=O)[C@@H]4[C@@H]3CC3=C2C(=O)C=C(C)C3=O)cc(OC)c1O. The number of Topliss-reactive ketones (excluding diaryl/α,β-unsaturated/α-hetero) is 1. The van der Waals surface area contributed by atoms with E-state index in [0.29, 0.717) is 39.4 Å². The van der Waals surface area contributed by atoms with Crippen LogP contribution in [0.3, 0.4) is 0 Å². The van der Waals surface area contributed by atoms with Crippen LogP contribution in [0.25, 0.3) is 0 Å². The zero-order chi connectivity index (χ0) is 28.5. The summed E-state index contributed by atoms with van der Waals surface area (Å²) in [6, 6.07) is 9.77. The number of rotatable bonds is 4. The number of halogens is 1. The first-order valence-corrected chi connectivity index (χ1v) is 13.3. The predicted molar refractivity (Wildman–Crippen MR) is 146 cm³/mol. The van der Waals surface area contributed by atoms with Gasteiger partial charge in [-0.15, -0.1) is 0 Å². The maximum Gasteiger partial charge on any atom is 0.238 e. The fraction of sp³-hybridized carbons (Fsp3) is 0.290. The number of carbonyl (C=O) groups excluding carboxylic acids is 4. The van der Waals surface area contributed by atoms with Crippen LogP contribution in [0.2, 0.25) is 5.02 Å². The van der Waals surface area contributed by atoms with Gasteiger partial charge in [0.25, 0.3) is 0 Å². The van der Waals surface area contributed by atoms with E-state index in [-0.39, 0.29) is 47.1 Å². The van der Waals surface area contributed by atoms with E-state index in [1.54, 1.807) is 43.3 Å². The molecule has 4 atom stereocenters. The maximum atomic E-state index is 13.9. The van der Waals surface area contributed by atoms with E-state index in [9.17, 15) is 24.3 Å². The largest absolute Gasteiger partial charge is 0.502 e. The smallest absolute Gasteiger partial charge is 0.238 e. The third-order valence-electron chi connectivity index (χ3n) is 8.48. The first-order chi connectivity index (χ1) is 19.2. The molecule has 1 fully saturated rings. The molecule has 2 aromatic carbocycles. The monoisotopic (exact) mass is 559 g/mol. The lowest BCUT2D eigenvalue weighted by Crippen LogP contribution is -2.39. The maximum absolute atomic E-state index is 13.9. The lowest BCUT2D eigenvalue weighted by atomic mass is 9.59. The van der Waals surface area contributed by atoms with E-state index >= 15 is 0 Å². The number of fused-ring (bicyclic) bond motifs is 3. The Bertz CT molecular complexity index is 1570. The van der Waals surface area contributed by atoms with Crippen molar-refractivity contribution in [2.45, 2.75) is 25.7 Å². The number of hydrogen-bond donors (Lipinski definition) is 1. The summed E-state index contributed by atoms with van der Waals surface area (Å²) in [4.78, 5) is 55.6. The van der Waals surface area contributed by atoms with Gasteiger partial charge < -0.3 is 14.6 Å². The third-order valence-corrected chi connectivity index (χ3v) is 8.73. The molecular weight excluding hydrogens is 534 g/mol. The molecule has 1 heterocycles. The molecule has 6 rings (SSSR count). The molecule has 0 radical (unpaired) electrons. The number of ether oxygens (including phenoxy) is 2. The number of hydrogen-bond acceptors (Lipinski definition) is 7. The molecule has 0 saturated carbocycles. The number of aromatic hydroxyl groups is 1. The minimum atomic E-state index is -0.699. The number of anilines is 1. The summed E-state index contributed by atoms with van der Waals surface area (Å²) in [6.07, 6.45) is 3.77. The molecule has 1 aliphatic heterocycles. The second-order valence-electron chi connectivity index (χ2n) is 10.5. The highest BCUT2D eigenvalue weighted by Gasteiger charge is 2.56. The van der Waals surface area contributed by atoms with Crippen molar-refractivity contribution < 1.29 is 33.8 Å². The molecule has 2 amide bonds. The Hall–Kier alpha value is -4.17. The van der Waals surface area contributed by atoms with Crippen molar-refractivity contribution in [1.29, 1.82) is 0 Å². The van der Waals surface area contributed by atoms with Crippen LogP contribution in [-0.2, 0) is 19.2 Å². The summed E-state index contributed by atoms with van der Waals surface area (Å²) in [5.41, 5.74) is 2.85. The second kappa shape index (κ2) is 9.48. The van der Waals surface area contributed by atoms with E-state index in [4.69, 9.17) is 21.1 Å². The number of ketones is 2. The molecule has 1 N–H and O–H groups in total. The summed E-state index contributed by atoms with van der Waals surface area (Å²) < 4.78 is 10.8. The van der Waals surface area contributed by atoms with E-state index < -0.39 is 23.7 Å².